The zero-order valence-corrected chi connectivity index (χ0v) is 9.28. The predicted octanol–water partition coefficient (Wildman–Crippen LogP) is 1.82. The number of benzene rings is 1. The summed E-state index contributed by atoms with van der Waals surface area (Å²) in [5.74, 6) is 0.896. The first kappa shape index (κ1) is 12.0. The number of nitrogens with two attached hydrogens (primary N) is 2. The van der Waals surface area contributed by atoms with Gasteiger partial charge in [0.1, 0.15) is 5.75 Å². The van der Waals surface area contributed by atoms with E-state index in [-0.39, 0.29) is 6.04 Å². The number of ether oxygens (including phenoxy) is 1. The summed E-state index contributed by atoms with van der Waals surface area (Å²) >= 11 is 0. The molecule has 0 fully saturated rings. The van der Waals surface area contributed by atoms with Gasteiger partial charge in [-0.2, -0.15) is 0 Å². The lowest BCUT2D eigenvalue weighted by atomic mass is 10.0. The van der Waals surface area contributed by atoms with Crippen molar-refractivity contribution >= 4 is 0 Å². The molecule has 1 aromatic carbocycles. The van der Waals surface area contributed by atoms with Gasteiger partial charge in [-0.25, -0.2) is 0 Å². The van der Waals surface area contributed by atoms with Crippen LogP contribution in [0.25, 0.3) is 0 Å². The third-order valence-electron chi connectivity index (χ3n) is 2.34. The molecule has 0 aliphatic rings. The highest BCUT2D eigenvalue weighted by molar-refractivity contribution is 5.28. The molecule has 1 unspecified atom stereocenters. The smallest absolute Gasteiger partial charge is 0.119 e. The molecule has 1 rings (SSSR count). The van der Waals surface area contributed by atoms with Gasteiger partial charge in [-0.15, -0.1) is 0 Å². The molecule has 15 heavy (non-hydrogen) atoms. The second-order valence-electron chi connectivity index (χ2n) is 3.54. The highest BCUT2D eigenvalue weighted by Gasteiger charge is 2.04. The van der Waals surface area contributed by atoms with Gasteiger partial charge >= 0.3 is 0 Å². The Morgan fingerprint density at radius 1 is 1.27 bits per heavy atom. The van der Waals surface area contributed by atoms with E-state index in [2.05, 4.69) is 0 Å². The van der Waals surface area contributed by atoms with Crippen molar-refractivity contribution in [3.8, 4) is 5.75 Å². The van der Waals surface area contributed by atoms with Crippen LogP contribution >= 0.6 is 0 Å². The van der Waals surface area contributed by atoms with Gasteiger partial charge in [-0.1, -0.05) is 12.1 Å². The van der Waals surface area contributed by atoms with E-state index in [9.17, 15) is 0 Å². The van der Waals surface area contributed by atoms with E-state index < -0.39 is 0 Å². The highest BCUT2D eigenvalue weighted by Crippen LogP contribution is 2.19. The van der Waals surface area contributed by atoms with Crippen LogP contribution in [0.2, 0.25) is 0 Å². The van der Waals surface area contributed by atoms with Gasteiger partial charge in [-0.05, 0) is 44.0 Å². The molecule has 0 amide bonds. The molecule has 84 valence electrons. The Morgan fingerprint density at radius 3 is 2.47 bits per heavy atom. The molecular weight excluding hydrogens is 188 g/mol. The van der Waals surface area contributed by atoms with Gasteiger partial charge in [-0.3, -0.25) is 0 Å². The van der Waals surface area contributed by atoms with E-state index in [1.54, 1.807) is 0 Å². The van der Waals surface area contributed by atoms with Crippen LogP contribution in [-0.4, -0.2) is 13.2 Å². The minimum Gasteiger partial charge on any atom is -0.494 e. The third kappa shape index (κ3) is 3.90. The van der Waals surface area contributed by atoms with Crippen LogP contribution in [0.3, 0.4) is 0 Å². The van der Waals surface area contributed by atoms with E-state index in [0.29, 0.717) is 13.2 Å². The lowest BCUT2D eigenvalue weighted by molar-refractivity contribution is 0.340. The van der Waals surface area contributed by atoms with E-state index >= 15 is 0 Å². The van der Waals surface area contributed by atoms with Crippen molar-refractivity contribution in [3.63, 3.8) is 0 Å². The summed E-state index contributed by atoms with van der Waals surface area (Å²) < 4.78 is 5.36. The van der Waals surface area contributed by atoms with Crippen LogP contribution < -0.4 is 16.2 Å². The van der Waals surface area contributed by atoms with Gasteiger partial charge in [0, 0.05) is 6.04 Å². The van der Waals surface area contributed by atoms with Gasteiger partial charge in [0.05, 0.1) is 6.61 Å². The first-order chi connectivity index (χ1) is 7.27. The Kier molecular flexibility index (Phi) is 5.15. The highest BCUT2D eigenvalue weighted by atomic mass is 16.5. The average molecular weight is 208 g/mol. The van der Waals surface area contributed by atoms with Crippen molar-refractivity contribution in [1.29, 1.82) is 0 Å². The molecule has 1 aromatic rings. The van der Waals surface area contributed by atoms with E-state index in [0.717, 1.165) is 24.2 Å². The van der Waals surface area contributed by atoms with E-state index in [1.165, 1.54) is 0 Å². The molecule has 0 bridgehead atoms. The molecule has 1 atom stereocenters. The largest absolute Gasteiger partial charge is 0.494 e. The van der Waals surface area contributed by atoms with Gasteiger partial charge in [0.15, 0.2) is 0 Å². The first-order valence-corrected chi connectivity index (χ1v) is 5.46. The summed E-state index contributed by atoms with van der Waals surface area (Å²) in [6, 6.07) is 8.05. The van der Waals surface area contributed by atoms with Crippen molar-refractivity contribution in [1.82, 2.24) is 0 Å². The fraction of sp³-hybridized carbons (Fsp3) is 0.500. The fourth-order valence-electron chi connectivity index (χ4n) is 1.48. The minimum absolute atomic E-state index is 0.0872. The zero-order valence-electron chi connectivity index (χ0n) is 9.28. The first-order valence-electron chi connectivity index (χ1n) is 5.46. The molecule has 3 nitrogen and oxygen atoms in total. The summed E-state index contributed by atoms with van der Waals surface area (Å²) in [4.78, 5) is 0. The quantitative estimate of drug-likeness (QED) is 0.749. The Hall–Kier alpha value is -1.06. The summed E-state index contributed by atoms with van der Waals surface area (Å²) in [5, 5.41) is 0. The number of rotatable bonds is 6. The molecule has 0 aliphatic heterocycles. The SMILES string of the molecule is CCOc1ccc(C(N)CCCN)cc1. The molecule has 0 radical (unpaired) electrons. The summed E-state index contributed by atoms with van der Waals surface area (Å²) in [6.07, 6.45) is 1.90. The maximum Gasteiger partial charge on any atom is 0.119 e. The summed E-state index contributed by atoms with van der Waals surface area (Å²) in [5.41, 5.74) is 12.6. The molecule has 0 aliphatic carbocycles. The van der Waals surface area contributed by atoms with Gasteiger partial charge in [0.2, 0.25) is 0 Å². The third-order valence-corrected chi connectivity index (χ3v) is 2.34. The van der Waals surface area contributed by atoms with Crippen molar-refractivity contribution in [2.24, 2.45) is 11.5 Å². The van der Waals surface area contributed by atoms with Crippen LogP contribution in [0.15, 0.2) is 24.3 Å². The van der Waals surface area contributed by atoms with Crippen LogP contribution in [0.5, 0.6) is 5.75 Å². The maximum atomic E-state index is 6.01. The molecule has 4 N–H and O–H groups in total. The minimum atomic E-state index is 0.0872. The Labute approximate surface area is 91.4 Å². The second-order valence-corrected chi connectivity index (χ2v) is 3.54. The predicted molar refractivity (Wildman–Crippen MR) is 62.8 cm³/mol. The monoisotopic (exact) mass is 208 g/mol. The molecular formula is C12H20N2O. The summed E-state index contributed by atoms with van der Waals surface area (Å²) in [7, 11) is 0. The fourth-order valence-corrected chi connectivity index (χ4v) is 1.48. The lowest BCUT2D eigenvalue weighted by Gasteiger charge is -2.12. The van der Waals surface area contributed by atoms with Crippen LogP contribution in [0.4, 0.5) is 0 Å². The normalized spacial score (nSPS) is 12.5. The molecule has 3 heteroatoms. The van der Waals surface area contributed by atoms with Crippen molar-refractivity contribution in [2.45, 2.75) is 25.8 Å². The standard InChI is InChI=1S/C12H20N2O/c1-2-15-11-7-5-10(6-8-11)12(14)4-3-9-13/h5-8,12H,2-4,9,13-14H2,1H3. The zero-order chi connectivity index (χ0) is 11.1. The van der Waals surface area contributed by atoms with Crippen molar-refractivity contribution in [2.75, 3.05) is 13.2 Å². The maximum absolute atomic E-state index is 6.01. The topological polar surface area (TPSA) is 61.3 Å². The van der Waals surface area contributed by atoms with Gasteiger partial charge in [0.25, 0.3) is 0 Å². The molecule has 0 saturated heterocycles. The summed E-state index contributed by atoms with van der Waals surface area (Å²) in [6.45, 7) is 3.37. The van der Waals surface area contributed by atoms with Crippen molar-refractivity contribution in [3.05, 3.63) is 29.8 Å². The van der Waals surface area contributed by atoms with Crippen LogP contribution in [0, 0.1) is 0 Å². The second kappa shape index (κ2) is 6.43. The number of hydrogen-bond donors (Lipinski definition) is 2. The lowest BCUT2D eigenvalue weighted by Crippen LogP contribution is -2.12. The Morgan fingerprint density at radius 2 is 1.93 bits per heavy atom. The van der Waals surface area contributed by atoms with Crippen molar-refractivity contribution < 1.29 is 4.74 Å². The average Bonchev–Trinajstić information content (AvgIpc) is 2.27. The van der Waals surface area contributed by atoms with Crippen LogP contribution in [-0.2, 0) is 0 Å². The Balaban J connectivity index is 2.54. The van der Waals surface area contributed by atoms with E-state index in [1.807, 2.05) is 31.2 Å². The Bertz CT molecular complexity index is 271. The van der Waals surface area contributed by atoms with E-state index in [4.69, 9.17) is 16.2 Å². The molecule has 0 heterocycles. The van der Waals surface area contributed by atoms with Crippen LogP contribution in [0.1, 0.15) is 31.4 Å². The van der Waals surface area contributed by atoms with Gasteiger partial charge < -0.3 is 16.2 Å². The molecule has 0 aromatic heterocycles. The molecule has 0 spiro atoms. The molecule has 0 saturated carbocycles. The number of hydrogen-bond acceptors (Lipinski definition) is 3.